The van der Waals surface area contributed by atoms with Crippen molar-refractivity contribution in [1.29, 1.82) is 0 Å². The first-order valence-corrected chi connectivity index (χ1v) is 11.8. The maximum atomic E-state index is 11.9. The summed E-state index contributed by atoms with van der Waals surface area (Å²) in [5.74, 6) is 8.75. The van der Waals surface area contributed by atoms with E-state index in [-0.39, 0.29) is 10.8 Å². The van der Waals surface area contributed by atoms with Crippen molar-refractivity contribution in [3.05, 3.63) is 11.6 Å². The van der Waals surface area contributed by atoms with Crippen LogP contribution in [0.1, 0.15) is 71.6 Å². The minimum absolute atomic E-state index is 0.0101. The van der Waals surface area contributed by atoms with Crippen molar-refractivity contribution in [2.24, 2.45) is 28.6 Å². The van der Waals surface area contributed by atoms with Gasteiger partial charge in [0.05, 0.1) is 10.0 Å². The van der Waals surface area contributed by atoms with Crippen molar-refractivity contribution in [2.75, 3.05) is 4.43 Å². The number of hydrogen-bond acceptors (Lipinski definition) is 2. The number of aliphatic hydroxyl groups is 1. The fraction of sp³-hybridized carbons (Fsp3) is 0.783. The number of hydrogen-bond donors (Lipinski definition) is 1. The Kier molecular flexibility index (Phi) is 4.84. The Labute approximate surface area is 171 Å². The topological polar surface area (TPSA) is 37.3 Å². The predicted molar refractivity (Wildman–Crippen MR) is 113 cm³/mol. The lowest BCUT2D eigenvalue weighted by Crippen LogP contribution is -2.54. The molecular formula is C23H31IO2. The van der Waals surface area contributed by atoms with Gasteiger partial charge in [-0.25, -0.2) is 0 Å². The molecule has 4 rings (SSSR count). The van der Waals surface area contributed by atoms with Crippen molar-refractivity contribution < 1.29 is 9.90 Å². The monoisotopic (exact) mass is 466 g/mol. The second kappa shape index (κ2) is 6.62. The molecule has 6 atom stereocenters. The van der Waals surface area contributed by atoms with Crippen LogP contribution >= 0.6 is 22.6 Å². The average Bonchev–Trinajstić information content (AvgIpc) is 2.87. The largest absolute Gasteiger partial charge is 0.388 e. The van der Waals surface area contributed by atoms with Gasteiger partial charge in [-0.15, -0.1) is 0 Å². The zero-order chi connectivity index (χ0) is 18.6. The van der Waals surface area contributed by atoms with E-state index in [1.54, 1.807) is 0 Å². The molecule has 0 amide bonds. The Morgan fingerprint density at radius 1 is 1.12 bits per heavy atom. The molecule has 3 fully saturated rings. The lowest BCUT2D eigenvalue weighted by Gasteiger charge is -2.59. The van der Waals surface area contributed by atoms with Crippen LogP contribution < -0.4 is 0 Å². The first kappa shape index (κ1) is 19.0. The summed E-state index contributed by atoms with van der Waals surface area (Å²) in [4.78, 5) is 11.9. The third kappa shape index (κ3) is 2.65. The molecule has 0 spiro atoms. The maximum absolute atomic E-state index is 11.9. The van der Waals surface area contributed by atoms with Gasteiger partial charge in [-0.05, 0) is 74.2 Å². The summed E-state index contributed by atoms with van der Waals surface area (Å²) in [6.45, 7) is 4.78. The number of halogens is 1. The van der Waals surface area contributed by atoms with Gasteiger partial charge in [-0.3, -0.25) is 4.79 Å². The Morgan fingerprint density at radius 2 is 1.88 bits per heavy atom. The van der Waals surface area contributed by atoms with Crippen LogP contribution in [0, 0.1) is 40.4 Å². The van der Waals surface area contributed by atoms with Gasteiger partial charge < -0.3 is 5.11 Å². The van der Waals surface area contributed by atoms with Gasteiger partial charge in [0.2, 0.25) is 0 Å². The fourth-order valence-electron chi connectivity index (χ4n) is 7.22. The minimum atomic E-state index is -0.610. The number of rotatable bonds is 1. The quantitative estimate of drug-likeness (QED) is 0.333. The molecule has 3 heteroatoms. The lowest BCUT2D eigenvalue weighted by molar-refractivity contribution is -0.128. The van der Waals surface area contributed by atoms with Crippen molar-refractivity contribution >= 4 is 28.4 Å². The van der Waals surface area contributed by atoms with Crippen LogP contribution in [0.3, 0.4) is 0 Å². The highest BCUT2D eigenvalue weighted by molar-refractivity contribution is 14.1. The summed E-state index contributed by atoms with van der Waals surface area (Å²) in [6.07, 6.45) is 11.0. The van der Waals surface area contributed by atoms with E-state index in [4.69, 9.17) is 0 Å². The zero-order valence-corrected chi connectivity index (χ0v) is 18.3. The second-order valence-corrected chi connectivity index (χ2v) is 10.4. The summed E-state index contributed by atoms with van der Waals surface area (Å²) >= 11 is 2.28. The number of ketones is 1. The van der Waals surface area contributed by atoms with E-state index in [0.717, 1.165) is 43.0 Å². The molecule has 1 unspecified atom stereocenters. The van der Waals surface area contributed by atoms with Crippen molar-refractivity contribution in [3.63, 3.8) is 0 Å². The Morgan fingerprint density at radius 3 is 2.65 bits per heavy atom. The Hall–Kier alpha value is -0.340. The molecule has 0 aromatic heterocycles. The SMILES string of the molecule is C[C@]12CCC(=O)C=C1CC[C@@H]1[C@H]2CC[C@@]2(C)[C@H]1CCC2(O)CC#CCI. The highest BCUT2D eigenvalue weighted by Crippen LogP contribution is 2.67. The smallest absolute Gasteiger partial charge is 0.155 e. The normalized spacial score (nSPS) is 47.2. The summed E-state index contributed by atoms with van der Waals surface area (Å²) in [5.41, 5.74) is 1.05. The molecule has 0 radical (unpaired) electrons. The van der Waals surface area contributed by atoms with Gasteiger partial charge in [-0.2, -0.15) is 0 Å². The molecule has 4 aliphatic carbocycles. The van der Waals surface area contributed by atoms with Gasteiger partial charge in [0.25, 0.3) is 0 Å². The van der Waals surface area contributed by atoms with E-state index in [1.165, 1.54) is 18.4 Å². The van der Waals surface area contributed by atoms with Crippen LogP contribution in [-0.4, -0.2) is 20.9 Å². The van der Waals surface area contributed by atoms with Crippen LogP contribution in [0.2, 0.25) is 0 Å². The zero-order valence-electron chi connectivity index (χ0n) is 16.1. The van der Waals surface area contributed by atoms with E-state index in [9.17, 15) is 9.90 Å². The molecule has 0 aliphatic heterocycles. The van der Waals surface area contributed by atoms with E-state index < -0.39 is 5.60 Å². The van der Waals surface area contributed by atoms with Crippen LogP contribution in [0.25, 0.3) is 0 Å². The first-order valence-electron chi connectivity index (χ1n) is 10.3. The van der Waals surface area contributed by atoms with Crippen LogP contribution in [0.4, 0.5) is 0 Å². The van der Waals surface area contributed by atoms with Crippen LogP contribution in [-0.2, 0) is 4.79 Å². The van der Waals surface area contributed by atoms with Crippen molar-refractivity contribution in [2.45, 2.75) is 77.2 Å². The highest BCUT2D eigenvalue weighted by atomic mass is 127. The molecule has 3 saturated carbocycles. The van der Waals surface area contributed by atoms with E-state index in [0.29, 0.717) is 30.0 Å². The van der Waals surface area contributed by atoms with Gasteiger partial charge in [-0.1, -0.05) is 53.9 Å². The lowest BCUT2D eigenvalue weighted by atomic mass is 9.46. The standard InChI is InChI=1S/C23H31IO2/c1-21-11-7-17(25)15-16(21)5-6-18-19(21)8-12-22(2)20(18)9-13-23(22,26)10-3-4-14-24/h15,18-20,26H,5-14H2,1-2H3/t18-,19-,20+,21+,22+,23?/m1/s1. The summed E-state index contributed by atoms with van der Waals surface area (Å²) < 4.78 is 0.838. The average molecular weight is 466 g/mol. The van der Waals surface area contributed by atoms with E-state index in [2.05, 4.69) is 48.3 Å². The van der Waals surface area contributed by atoms with Crippen LogP contribution in [0.5, 0.6) is 0 Å². The predicted octanol–water partition coefficient (Wildman–Crippen LogP) is 5.08. The summed E-state index contributed by atoms with van der Waals surface area (Å²) in [7, 11) is 0. The molecule has 2 nitrogen and oxygen atoms in total. The number of carbonyl (C=O) groups excluding carboxylic acids is 1. The second-order valence-electron chi connectivity index (χ2n) is 9.66. The number of fused-ring (bicyclic) bond motifs is 5. The molecule has 0 aromatic rings. The molecule has 0 saturated heterocycles. The molecular weight excluding hydrogens is 435 g/mol. The number of carbonyl (C=O) groups is 1. The van der Waals surface area contributed by atoms with Gasteiger partial charge in [0, 0.05) is 18.3 Å². The number of alkyl halides is 1. The third-order valence-electron chi connectivity index (χ3n) is 8.86. The Bertz CT molecular complexity index is 701. The third-order valence-corrected chi connectivity index (χ3v) is 9.24. The number of allylic oxidation sites excluding steroid dienone is 1. The van der Waals surface area contributed by atoms with Gasteiger partial charge in [0.1, 0.15) is 0 Å². The van der Waals surface area contributed by atoms with Gasteiger partial charge in [0.15, 0.2) is 5.78 Å². The molecule has 4 aliphatic rings. The van der Waals surface area contributed by atoms with Crippen molar-refractivity contribution in [1.82, 2.24) is 0 Å². The summed E-state index contributed by atoms with van der Waals surface area (Å²) in [5, 5.41) is 11.5. The van der Waals surface area contributed by atoms with Crippen LogP contribution in [0.15, 0.2) is 11.6 Å². The molecule has 0 heterocycles. The molecule has 26 heavy (non-hydrogen) atoms. The maximum Gasteiger partial charge on any atom is 0.155 e. The molecule has 1 N–H and O–H groups in total. The highest BCUT2D eigenvalue weighted by Gasteiger charge is 2.63. The Balaban J connectivity index is 1.62. The molecule has 142 valence electrons. The fourth-order valence-corrected chi connectivity index (χ4v) is 7.49. The first-order chi connectivity index (χ1) is 12.3. The summed E-state index contributed by atoms with van der Waals surface area (Å²) in [6, 6.07) is 0. The van der Waals surface area contributed by atoms with Gasteiger partial charge >= 0.3 is 0 Å². The van der Waals surface area contributed by atoms with Crippen molar-refractivity contribution in [3.8, 4) is 11.8 Å². The molecule has 0 bridgehead atoms. The molecule has 0 aromatic carbocycles. The van der Waals surface area contributed by atoms with E-state index in [1.807, 2.05) is 6.08 Å². The van der Waals surface area contributed by atoms with E-state index >= 15 is 0 Å². The minimum Gasteiger partial charge on any atom is -0.388 e.